The summed E-state index contributed by atoms with van der Waals surface area (Å²) in [5, 5.41) is 0. The van der Waals surface area contributed by atoms with E-state index in [4.69, 9.17) is 9.15 Å². The Morgan fingerprint density at radius 3 is 2.70 bits per heavy atom. The van der Waals surface area contributed by atoms with Crippen molar-refractivity contribution in [1.82, 2.24) is 14.9 Å². The fourth-order valence-corrected chi connectivity index (χ4v) is 4.04. The summed E-state index contributed by atoms with van der Waals surface area (Å²) in [4.78, 5) is 21.7. The topological polar surface area (TPSA) is 77.7 Å². The lowest BCUT2D eigenvalue weighted by molar-refractivity contribution is -0.276. The Kier molecular flexibility index (Phi) is 4.41. The molecule has 2 fully saturated rings. The number of oxazole rings is 1. The van der Waals surface area contributed by atoms with Crippen LogP contribution in [0.15, 0.2) is 29.0 Å². The molecule has 0 radical (unpaired) electrons. The molecule has 0 unspecified atom stereocenters. The quantitative estimate of drug-likeness (QED) is 0.762. The minimum Gasteiger partial charge on any atom is -0.482 e. The van der Waals surface area contributed by atoms with Crippen molar-refractivity contribution in [2.45, 2.75) is 13.0 Å². The van der Waals surface area contributed by atoms with Gasteiger partial charge in [0.2, 0.25) is 11.8 Å². The average Bonchev–Trinajstić information content (AvgIpc) is 2.99. The number of aromatic nitrogens is 2. The van der Waals surface area contributed by atoms with Gasteiger partial charge >= 0.3 is 6.36 Å². The second-order valence-corrected chi connectivity index (χ2v) is 7.43. The number of halogens is 3. The molecule has 0 bridgehead atoms. The van der Waals surface area contributed by atoms with Gasteiger partial charge in [0.25, 0.3) is 5.91 Å². The maximum Gasteiger partial charge on any atom is 0.574 e. The summed E-state index contributed by atoms with van der Waals surface area (Å²) in [6, 6.07) is 2.31. The van der Waals surface area contributed by atoms with Crippen LogP contribution in [0.2, 0.25) is 0 Å². The molecule has 2 saturated heterocycles. The fourth-order valence-electron chi connectivity index (χ4n) is 2.89. The first-order valence-electron chi connectivity index (χ1n) is 7.98. The number of rotatable bonds is 5. The summed E-state index contributed by atoms with van der Waals surface area (Å²) < 4.78 is 50.5. The molecule has 0 N–H and O–H groups in total. The van der Waals surface area contributed by atoms with E-state index in [0.29, 0.717) is 5.41 Å². The Balaban J connectivity index is 1.29. The number of carbonyl (C=O) groups excluding carboxylic acids is 1. The summed E-state index contributed by atoms with van der Waals surface area (Å²) in [7, 11) is 0. The smallest absolute Gasteiger partial charge is 0.482 e. The van der Waals surface area contributed by atoms with Crippen LogP contribution in [0.25, 0.3) is 0 Å². The monoisotopic (exact) mass is 401 g/mol. The highest BCUT2D eigenvalue weighted by molar-refractivity contribution is 8.00. The number of nitrogens with zero attached hydrogens (tertiary/aromatic N) is 3. The first kappa shape index (κ1) is 18.0. The largest absolute Gasteiger partial charge is 0.574 e. The van der Waals surface area contributed by atoms with Gasteiger partial charge in [0.1, 0.15) is 12.0 Å². The van der Waals surface area contributed by atoms with E-state index < -0.39 is 12.2 Å². The van der Waals surface area contributed by atoms with Crippen LogP contribution in [0.5, 0.6) is 11.6 Å². The molecule has 0 saturated carbocycles. The molecule has 2 aromatic heterocycles. The van der Waals surface area contributed by atoms with Crippen molar-refractivity contribution >= 4 is 17.7 Å². The van der Waals surface area contributed by atoms with Crippen LogP contribution >= 0.6 is 11.8 Å². The minimum atomic E-state index is -4.80. The Morgan fingerprint density at radius 2 is 2.11 bits per heavy atom. The third kappa shape index (κ3) is 3.97. The standard InChI is InChI=1S/C16H14F3N3O4S/c17-16(18,19)26-12-2-1-10(3-20-12)24-5-13-21-11(4-25-13)14(23)22-6-15(7-22)8-27-9-15/h1-4H,5-9H2. The number of amides is 1. The van der Waals surface area contributed by atoms with Gasteiger partial charge in [-0.25, -0.2) is 9.97 Å². The van der Waals surface area contributed by atoms with Crippen LogP contribution in [0.4, 0.5) is 13.2 Å². The highest BCUT2D eigenvalue weighted by atomic mass is 32.2. The number of carbonyl (C=O) groups is 1. The van der Waals surface area contributed by atoms with Gasteiger partial charge in [-0.1, -0.05) is 0 Å². The van der Waals surface area contributed by atoms with Gasteiger partial charge in [-0.15, -0.1) is 13.2 Å². The van der Waals surface area contributed by atoms with Gasteiger partial charge in [-0.3, -0.25) is 4.79 Å². The fraction of sp³-hybridized carbons (Fsp3) is 0.438. The predicted octanol–water partition coefficient (Wildman–Crippen LogP) is 2.74. The Morgan fingerprint density at radius 1 is 1.33 bits per heavy atom. The van der Waals surface area contributed by atoms with Crippen LogP contribution in [0, 0.1) is 5.41 Å². The zero-order valence-electron chi connectivity index (χ0n) is 13.9. The number of thioether (sulfide) groups is 1. The second kappa shape index (κ2) is 6.63. The first-order valence-corrected chi connectivity index (χ1v) is 9.13. The van der Waals surface area contributed by atoms with E-state index in [9.17, 15) is 18.0 Å². The number of hydrogen-bond donors (Lipinski definition) is 0. The van der Waals surface area contributed by atoms with E-state index in [0.717, 1.165) is 36.9 Å². The molecule has 2 aromatic rings. The Hall–Kier alpha value is -2.43. The summed E-state index contributed by atoms with van der Waals surface area (Å²) >= 11 is 1.88. The third-order valence-corrected chi connectivity index (χ3v) is 5.85. The molecular formula is C16H14F3N3O4S. The van der Waals surface area contributed by atoms with Crippen LogP contribution in [0.3, 0.4) is 0 Å². The summed E-state index contributed by atoms with van der Waals surface area (Å²) in [6.45, 7) is 1.40. The minimum absolute atomic E-state index is 0.0883. The second-order valence-electron chi connectivity index (χ2n) is 6.45. The number of hydrogen-bond acceptors (Lipinski definition) is 7. The maximum atomic E-state index is 12.3. The van der Waals surface area contributed by atoms with Crippen molar-refractivity contribution in [1.29, 1.82) is 0 Å². The average molecular weight is 401 g/mol. The van der Waals surface area contributed by atoms with Gasteiger partial charge in [-0.05, 0) is 6.07 Å². The molecule has 0 atom stereocenters. The molecule has 1 amide bonds. The predicted molar refractivity (Wildman–Crippen MR) is 87.4 cm³/mol. The van der Waals surface area contributed by atoms with Gasteiger partial charge in [0, 0.05) is 36.1 Å². The molecular weight excluding hydrogens is 387 g/mol. The lowest BCUT2D eigenvalue weighted by Crippen LogP contribution is -2.64. The SMILES string of the molecule is O=C(c1coc(COc2ccc(OC(F)(F)F)nc2)n1)N1CC2(CSC2)C1. The number of alkyl halides is 3. The van der Waals surface area contributed by atoms with Crippen LogP contribution in [0.1, 0.15) is 16.4 Å². The maximum absolute atomic E-state index is 12.3. The first-order chi connectivity index (χ1) is 12.8. The van der Waals surface area contributed by atoms with Crippen molar-refractivity contribution in [3.8, 4) is 11.6 Å². The summed E-state index contributed by atoms with van der Waals surface area (Å²) in [5.41, 5.74) is 0.507. The molecule has 4 heterocycles. The molecule has 1 spiro atoms. The van der Waals surface area contributed by atoms with Crippen molar-refractivity contribution in [2.24, 2.45) is 5.41 Å². The number of pyridine rings is 1. The van der Waals surface area contributed by atoms with Gasteiger partial charge < -0.3 is 18.8 Å². The Bertz CT molecular complexity index is 828. The molecule has 27 heavy (non-hydrogen) atoms. The number of ether oxygens (including phenoxy) is 2. The zero-order valence-corrected chi connectivity index (χ0v) is 14.7. The highest BCUT2D eigenvalue weighted by Gasteiger charge is 2.50. The van der Waals surface area contributed by atoms with E-state index in [1.165, 1.54) is 12.3 Å². The lowest BCUT2D eigenvalue weighted by atomic mass is 9.82. The zero-order chi connectivity index (χ0) is 19.1. The van der Waals surface area contributed by atoms with E-state index >= 15 is 0 Å². The van der Waals surface area contributed by atoms with Crippen molar-refractivity contribution in [3.05, 3.63) is 36.2 Å². The van der Waals surface area contributed by atoms with E-state index in [-0.39, 0.29) is 29.8 Å². The van der Waals surface area contributed by atoms with Crippen LogP contribution in [-0.4, -0.2) is 51.7 Å². The molecule has 2 aliphatic rings. The van der Waals surface area contributed by atoms with Gasteiger partial charge in [-0.2, -0.15) is 11.8 Å². The molecule has 11 heteroatoms. The van der Waals surface area contributed by atoms with E-state index in [1.807, 2.05) is 11.8 Å². The molecule has 144 valence electrons. The van der Waals surface area contributed by atoms with Crippen molar-refractivity contribution in [3.63, 3.8) is 0 Å². The highest BCUT2D eigenvalue weighted by Crippen LogP contribution is 2.45. The molecule has 7 nitrogen and oxygen atoms in total. The van der Waals surface area contributed by atoms with Crippen LogP contribution in [-0.2, 0) is 6.61 Å². The normalized spacial score (nSPS) is 18.0. The summed E-state index contributed by atoms with van der Waals surface area (Å²) in [5.74, 6) is 1.82. The van der Waals surface area contributed by atoms with Crippen molar-refractivity contribution < 1.29 is 31.9 Å². The number of likely N-dealkylation sites (tertiary alicyclic amines) is 1. The molecule has 2 aliphatic heterocycles. The van der Waals surface area contributed by atoms with Gasteiger partial charge in [0.05, 0.1) is 6.20 Å². The molecule has 4 rings (SSSR count). The third-order valence-electron chi connectivity index (χ3n) is 4.22. The van der Waals surface area contributed by atoms with Crippen LogP contribution < -0.4 is 9.47 Å². The van der Waals surface area contributed by atoms with E-state index in [2.05, 4.69) is 14.7 Å². The van der Waals surface area contributed by atoms with E-state index in [1.54, 1.807) is 4.90 Å². The summed E-state index contributed by atoms with van der Waals surface area (Å²) in [6.07, 6.45) is -2.43. The molecule has 0 aromatic carbocycles. The van der Waals surface area contributed by atoms with Crippen molar-refractivity contribution in [2.75, 3.05) is 24.6 Å². The Labute approximate surface area is 155 Å². The molecule has 0 aliphatic carbocycles. The lowest BCUT2D eigenvalue weighted by Gasteiger charge is -2.54. The van der Waals surface area contributed by atoms with Gasteiger partial charge in [0.15, 0.2) is 12.3 Å².